The van der Waals surface area contributed by atoms with Crippen LogP contribution < -0.4 is 0 Å². The molecule has 2 atom stereocenters. The molecule has 0 aliphatic carbocycles. The van der Waals surface area contributed by atoms with E-state index in [4.69, 9.17) is 5.11 Å². The van der Waals surface area contributed by atoms with E-state index in [-0.39, 0.29) is 0 Å². The van der Waals surface area contributed by atoms with Crippen LogP contribution >= 0.6 is 0 Å². The van der Waals surface area contributed by atoms with Crippen molar-refractivity contribution in [2.24, 2.45) is 0 Å². The summed E-state index contributed by atoms with van der Waals surface area (Å²) in [7, 11) is 0. The highest BCUT2D eigenvalue weighted by atomic mass is 19.4. The number of ether oxygens (including phenoxy) is 2. The molecule has 0 spiro atoms. The van der Waals surface area contributed by atoms with Gasteiger partial charge in [0.25, 0.3) is 0 Å². The zero-order valence-electron chi connectivity index (χ0n) is 19.5. The van der Waals surface area contributed by atoms with Crippen molar-refractivity contribution in [1.82, 2.24) is 0 Å². The van der Waals surface area contributed by atoms with Gasteiger partial charge in [-0.2, -0.15) is 52.7 Å². The number of aliphatic hydroxyl groups excluding tert-OH is 2. The van der Waals surface area contributed by atoms with Crippen molar-refractivity contribution in [1.29, 1.82) is 0 Å². The summed E-state index contributed by atoms with van der Waals surface area (Å²) in [6.07, 6.45) is -11.4. The van der Waals surface area contributed by atoms with Crippen LogP contribution in [-0.4, -0.2) is 83.1 Å². The quantitative estimate of drug-likeness (QED) is 0.166. The third-order valence-electron chi connectivity index (χ3n) is 4.66. The number of hydrogen-bond donors (Lipinski definition) is 2. The van der Waals surface area contributed by atoms with E-state index in [1.54, 1.807) is 0 Å². The van der Waals surface area contributed by atoms with Gasteiger partial charge in [0.15, 0.2) is 0 Å². The molecule has 0 saturated carbocycles. The Hall–Kier alpha value is -2.50. The molecule has 0 bridgehead atoms. The van der Waals surface area contributed by atoms with Gasteiger partial charge in [-0.05, 0) is 13.8 Å². The number of aliphatic hydroxyl groups is 2. The Morgan fingerprint density at radius 3 is 1.42 bits per heavy atom. The van der Waals surface area contributed by atoms with Crippen molar-refractivity contribution >= 4 is 11.9 Å². The fourth-order valence-electron chi connectivity index (χ4n) is 2.44. The summed E-state index contributed by atoms with van der Waals surface area (Å²) in [5, 5.41) is 18.2. The van der Waals surface area contributed by atoms with Crippen LogP contribution in [0.25, 0.3) is 0 Å². The number of hydrogen-bond acceptors (Lipinski definition) is 6. The minimum atomic E-state index is -7.91. The Kier molecular flexibility index (Phi) is 10.9. The lowest BCUT2D eigenvalue weighted by atomic mass is 9.88. The highest BCUT2D eigenvalue weighted by Crippen LogP contribution is 2.61. The summed E-state index contributed by atoms with van der Waals surface area (Å²) in [6.45, 7) is 4.50. The average Bonchev–Trinajstić information content (AvgIpc) is 2.75. The molecule has 0 heterocycles. The molecule has 2 unspecified atom stereocenters. The zero-order chi connectivity index (χ0) is 30.7. The van der Waals surface area contributed by atoms with Gasteiger partial charge in [-0.25, -0.2) is 9.59 Å². The minimum Gasteiger partial charge on any atom is -0.460 e. The van der Waals surface area contributed by atoms with Crippen molar-refractivity contribution in [2.75, 3.05) is 13.2 Å². The van der Waals surface area contributed by atoms with Crippen LogP contribution in [0.5, 0.6) is 0 Å². The monoisotopic (exact) mass is 586 g/mol. The van der Waals surface area contributed by atoms with Crippen molar-refractivity contribution in [3.05, 3.63) is 24.3 Å². The van der Waals surface area contributed by atoms with Crippen LogP contribution in [0, 0.1) is 0 Å². The van der Waals surface area contributed by atoms with Crippen molar-refractivity contribution in [2.45, 2.75) is 74.4 Å². The Bertz CT molecular complexity index is 903. The first-order valence-electron chi connectivity index (χ1n) is 9.98. The van der Waals surface area contributed by atoms with Crippen LogP contribution in [0.15, 0.2) is 24.3 Å². The zero-order valence-corrected chi connectivity index (χ0v) is 19.5. The summed E-state index contributed by atoms with van der Waals surface area (Å²) in [5.41, 5.74) is -0.977. The predicted molar refractivity (Wildman–Crippen MR) is 102 cm³/mol. The maximum absolute atomic E-state index is 14.0. The summed E-state index contributed by atoms with van der Waals surface area (Å²) in [6, 6.07) is 0. The van der Waals surface area contributed by atoms with Crippen LogP contribution in [0.4, 0.5) is 52.7 Å². The van der Waals surface area contributed by atoms with E-state index in [9.17, 15) is 67.4 Å². The normalized spacial score (nSPS) is 15.5. The molecule has 18 heteroatoms. The molecule has 0 aromatic rings. The Balaban J connectivity index is 6.13. The molecule has 38 heavy (non-hydrogen) atoms. The van der Waals surface area contributed by atoms with Gasteiger partial charge in [0.1, 0.15) is 12.7 Å². The summed E-state index contributed by atoms with van der Waals surface area (Å²) in [5.74, 6) is -46.8. The van der Waals surface area contributed by atoms with E-state index < -0.39 is 96.9 Å². The van der Waals surface area contributed by atoms with E-state index in [0.29, 0.717) is 0 Å². The van der Waals surface area contributed by atoms with Gasteiger partial charge in [-0.15, -0.1) is 0 Å². The Morgan fingerprint density at radius 2 is 1.08 bits per heavy atom. The van der Waals surface area contributed by atoms with Crippen LogP contribution in [0.3, 0.4) is 0 Å². The average molecular weight is 586 g/mol. The van der Waals surface area contributed by atoms with Crippen molar-refractivity contribution in [3.8, 4) is 0 Å². The van der Waals surface area contributed by atoms with Gasteiger partial charge in [0.2, 0.25) is 0 Å². The van der Waals surface area contributed by atoms with Gasteiger partial charge in [-0.1, -0.05) is 13.2 Å². The van der Waals surface area contributed by atoms with Gasteiger partial charge in [0.05, 0.1) is 19.1 Å². The first-order valence-corrected chi connectivity index (χ1v) is 9.98. The van der Waals surface area contributed by atoms with Crippen LogP contribution in [0.1, 0.15) is 26.7 Å². The topological polar surface area (TPSA) is 93.1 Å². The molecule has 0 aliphatic heterocycles. The standard InChI is InChI=1S/C20H22F12O6/c1-9(2)13(35)37-8-11(34)5-15(21,22)17(25,26)19(29,30)20(31,32)18(27,28)16(23,24)6-12(7-33)38-14(36)10(3)4/h11-12,33-34H,1,3,5-8H2,2,4H3. The predicted octanol–water partition coefficient (Wildman–Crippen LogP) is 4.54. The molecular weight excluding hydrogens is 564 g/mol. The molecule has 0 aromatic carbocycles. The lowest BCUT2D eigenvalue weighted by Gasteiger charge is -2.42. The minimum absolute atomic E-state index is 0.401. The second-order valence-corrected chi connectivity index (χ2v) is 8.14. The Labute approximate surface area is 206 Å². The molecule has 0 aromatic heterocycles. The van der Waals surface area contributed by atoms with E-state index in [2.05, 4.69) is 22.6 Å². The first kappa shape index (κ1) is 35.5. The van der Waals surface area contributed by atoms with Gasteiger partial charge in [-0.3, -0.25) is 0 Å². The second-order valence-electron chi connectivity index (χ2n) is 8.14. The number of rotatable bonds is 15. The number of carbonyl (C=O) groups excluding carboxylic acids is 2. The van der Waals surface area contributed by atoms with Crippen LogP contribution in [-0.2, 0) is 19.1 Å². The first-order chi connectivity index (χ1) is 16.7. The van der Waals surface area contributed by atoms with Gasteiger partial charge in [0, 0.05) is 17.6 Å². The maximum Gasteiger partial charge on any atom is 0.384 e. The third kappa shape index (κ3) is 6.92. The van der Waals surface area contributed by atoms with Crippen molar-refractivity contribution < 1.29 is 82.0 Å². The van der Waals surface area contributed by atoms with E-state index in [0.717, 1.165) is 13.8 Å². The highest BCUT2D eigenvalue weighted by molar-refractivity contribution is 5.87. The summed E-state index contributed by atoms with van der Waals surface area (Å²) in [4.78, 5) is 22.4. The number of halogens is 12. The molecule has 222 valence electrons. The van der Waals surface area contributed by atoms with E-state index in [1.165, 1.54) is 0 Å². The molecule has 0 rings (SSSR count). The number of carbonyl (C=O) groups is 2. The molecule has 6 nitrogen and oxygen atoms in total. The maximum atomic E-state index is 14.0. The molecule has 0 amide bonds. The molecule has 0 fully saturated rings. The molecule has 0 aliphatic rings. The molecule has 0 radical (unpaired) electrons. The van der Waals surface area contributed by atoms with E-state index >= 15 is 0 Å². The summed E-state index contributed by atoms with van der Waals surface area (Å²) >= 11 is 0. The second kappa shape index (κ2) is 11.7. The fraction of sp³-hybridized carbons (Fsp3) is 0.700. The molecule has 0 saturated heterocycles. The van der Waals surface area contributed by atoms with E-state index in [1.807, 2.05) is 0 Å². The Morgan fingerprint density at radius 1 is 0.711 bits per heavy atom. The smallest absolute Gasteiger partial charge is 0.384 e. The number of alkyl halides is 12. The highest BCUT2D eigenvalue weighted by Gasteiger charge is 2.89. The van der Waals surface area contributed by atoms with Gasteiger partial charge < -0.3 is 19.7 Å². The molecular formula is C20H22F12O6. The SMILES string of the molecule is C=C(C)C(=O)OCC(O)CC(F)(F)C(F)(F)C(F)(F)C(F)(F)C(F)(F)C(F)(F)CC(CO)OC(=O)C(=C)C. The fourth-order valence-corrected chi connectivity index (χ4v) is 2.44. The third-order valence-corrected chi connectivity index (χ3v) is 4.66. The largest absolute Gasteiger partial charge is 0.460 e. The number of esters is 2. The molecule has 2 N–H and O–H groups in total. The van der Waals surface area contributed by atoms with Crippen molar-refractivity contribution in [3.63, 3.8) is 0 Å². The summed E-state index contributed by atoms with van der Waals surface area (Å²) < 4.78 is 176. The van der Waals surface area contributed by atoms with Gasteiger partial charge >= 0.3 is 47.5 Å². The van der Waals surface area contributed by atoms with Crippen LogP contribution in [0.2, 0.25) is 0 Å². The lowest BCUT2D eigenvalue weighted by Crippen LogP contribution is -2.71. The lowest BCUT2D eigenvalue weighted by molar-refractivity contribution is -0.427.